The van der Waals surface area contributed by atoms with Gasteiger partial charge in [-0.15, -0.1) is 0 Å². The second kappa shape index (κ2) is 7.08. The largest absolute Gasteiger partial charge is 0.464 e. The second-order valence-electron chi connectivity index (χ2n) is 2.91. The van der Waals surface area contributed by atoms with E-state index in [1.807, 2.05) is 6.07 Å². The fourth-order valence-electron chi connectivity index (χ4n) is 0.953. The topological polar surface area (TPSA) is 81.4 Å². The average molecular weight is 269 g/mol. The molecule has 1 aromatic heterocycles. The van der Waals surface area contributed by atoms with Gasteiger partial charge in [-0.3, -0.25) is 0 Å². The van der Waals surface area contributed by atoms with E-state index in [4.69, 9.17) is 16.7 Å². The van der Waals surface area contributed by atoms with Gasteiger partial charge in [0.15, 0.2) is 0 Å². The van der Waals surface area contributed by atoms with Crippen molar-refractivity contribution in [3.05, 3.63) is 49.1 Å². The lowest BCUT2D eigenvalue weighted by Crippen LogP contribution is -2.03. The number of rotatable bonds is 1. The lowest BCUT2D eigenvalue weighted by Gasteiger charge is -1.95. The van der Waals surface area contributed by atoms with Crippen LogP contribution in [0.4, 0.5) is 9.59 Å². The summed E-state index contributed by atoms with van der Waals surface area (Å²) in [6, 6.07) is 8.65. The third-order valence-electron chi connectivity index (χ3n) is 1.67. The van der Waals surface area contributed by atoms with Crippen LogP contribution in [0.2, 0.25) is 0 Å². The predicted molar refractivity (Wildman–Crippen MR) is 64.0 cm³/mol. The highest BCUT2D eigenvalue weighted by molar-refractivity contribution is 6.61. The molecule has 0 aliphatic rings. The van der Waals surface area contributed by atoms with E-state index in [1.165, 1.54) is 18.7 Å². The quantitative estimate of drug-likeness (QED) is 0.804. The number of carboxylic acid groups (broad SMARTS) is 1. The predicted octanol–water partition coefficient (Wildman–Crippen LogP) is 2.83. The molecule has 0 spiro atoms. The van der Waals surface area contributed by atoms with Gasteiger partial charge in [0.25, 0.3) is 0 Å². The standard InChI is InChI=1S/C7H5ClO2.C4H4N2O2/c8-7(9)10-6-4-2-1-3-5-6;7-4(8)6-2-1-5-3-6/h1-5H;1-3H,(H,7,8). The summed E-state index contributed by atoms with van der Waals surface area (Å²) in [4.78, 5) is 23.7. The zero-order valence-corrected chi connectivity index (χ0v) is 9.82. The van der Waals surface area contributed by atoms with E-state index in [9.17, 15) is 9.59 Å². The molecule has 0 amide bonds. The fourth-order valence-corrected chi connectivity index (χ4v) is 1.04. The van der Waals surface area contributed by atoms with Gasteiger partial charge >= 0.3 is 11.5 Å². The first-order valence-corrected chi connectivity index (χ1v) is 5.11. The van der Waals surface area contributed by atoms with E-state index in [-0.39, 0.29) is 0 Å². The number of nitrogens with zero attached hydrogens (tertiary/aromatic N) is 2. The Bertz CT molecular complexity index is 499. The van der Waals surface area contributed by atoms with Crippen molar-refractivity contribution in [3.63, 3.8) is 0 Å². The number of halogens is 1. The summed E-state index contributed by atoms with van der Waals surface area (Å²) in [6.07, 6.45) is 2.99. The minimum Gasteiger partial charge on any atom is -0.464 e. The van der Waals surface area contributed by atoms with Crippen molar-refractivity contribution >= 4 is 23.1 Å². The molecule has 0 saturated carbocycles. The highest BCUT2D eigenvalue weighted by Gasteiger charge is 1.95. The summed E-state index contributed by atoms with van der Waals surface area (Å²) in [6.45, 7) is 0. The number of imidazole rings is 1. The van der Waals surface area contributed by atoms with E-state index in [1.54, 1.807) is 24.3 Å². The smallest absolute Gasteiger partial charge is 0.416 e. The number of para-hydroxylation sites is 1. The van der Waals surface area contributed by atoms with Gasteiger partial charge in [-0.05, 0) is 12.1 Å². The second-order valence-corrected chi connectivity index (χ2v) is 3.21. The van der Waals surface area contributed by atoms with Gasteiger partial charge in [-0.2, -0.15) is 0 Å². The molecule has 2 aromatic rings. The Morgan fingerprint density at radius 1 is 1.28 bits per heavy atom. The van der Waals surface area contributed by atoms with Crippen LogP contribution in [-0.4, -0.2) is 26.2 Å². The van der Waals surface area contributed by atoms with Gasteiger partial charge in [-0.25, -0.2) is 19.1 Å². The zero-order chi connectivity index (χ0) is 13.4. The van der Waals surface area contributed by atoms with Crippen molar-refractivity contribution in [1.82, 2.24) is 9.55 Å². The van der Waals surface area contributed by atoms with Crippen molar-refractivity contribution in [3.8, 4) is 5.75 Å². The average Bonchev–Trinajstić information content (AvgIpc) is 2.84. The summed E-state index contributed by atoms with van der Waals surface area (Å²) in [5.41, 5.74) is -0.814. The molecule has 18 heavy (non-hydrogen) atoms. The third kappa shape index (κ3) is 5.13. The molecule has 0 aliphatic carbocycles. The summed E-state index contributed by atoms with van der Waals surface area (Å²) in [5.74, 6) is 0.461. The van der Waals surface area contributed by atoms with Gasteiger partial charge in [-0.1, -0.05) is 18.2 Å². The fraction of sp³-hybridized carbons (Fsp3) is 0. The molecule has 7 heteroatoms. The molecule has 2 rings (SSSR count). The summed E-state index contributed by atoms with van der Waals surface area (Å²) < 4.78 is 5.51. The van der Waals surface area contributed by atoms with Crippen LogP contribution in [0.5, 0.6) is 5.75 Å². The molecule has 94 valence electrons. The van der Waals surface area contributed by atoms with Crippen LogP contribution in [0.25, 0.3) is 0 Å². The molecule has 0 saturated heterocycles. The van der Waals surface area contributed by atoms with Crippen LogP contribution < -0.4 is 4.74 Å². The number of aromatic nitrogens is 2. The van der Waals surface area contributed by atoms with Gasteiger partial charge in [0.1, 0.15) is 12.1 Å². The van der Waals surface area contributed by atoms with Crippen LogP contribution >= 0.6 is 11.6 Å². The molecule has 0 radical (unpaired) electrons. The first-order chi connectivity index (χ1) is 8.59. The lowest BCUT2D eigenvalue weighted by molar-refractivity contribution is 0.196. The molecule has 0 fully saturated rings. The van der Waals surface area contributed by atoms with Crippen molar-refractivity contribution in [2.75, 3.05) is 0 Å². The Morgan fingerprint density at radius 3 is 2.33 bits per heavy atom. The molecule has 0 aliphatic heterocycles. The maximum atomic E-state index is 10.2. The van der Waals surface area contributed by atoms with Gasteiger partial charge in [0.2, 0.25) is 0 Å². The highest BCUT2D eigenvalue weighted by Crippen LogP contribution is 2.09. The maximum Gasteiger partial charge on any atom is 0.416 e. The van der Waals surface area contributed by atoms with E-state index >= 15 is 0 Å². The zero-order valence-electron chi connectivity index (χ0n) is 9.06. The molecule has 0 atom stereocenters. The number of hydrogen-bond donors (Lipinski definition) is 1. The van der Waals surface area contributed by atoms with Crippen LogP contribution in [0.1, 0.15) is 0 Å². The minimum absolute atomic E-state index is 0.461. The Balaban J connectivity index is 0.000000184. The number of benzene rings is 1. The van der Waals surface area contributed by atoms with Crippen molar-refractivity contribution < 1.29 is 19.4 Å². The highest BCUT2D eigenvalue weighted by atomic mass is 35.5. The van der Waals surface area contributed by atoms with Crippen LogP contribution in [-0.2, 0) is 0 Å². The van der Waals surface area contributed by atoms with E-state index in [2.05, 4.69) is 9.72 Å². The molecular weight excluding hydrogens is 260 g/mol. The minimum atomic E-state index is -1.01. The van der Waals surface area contributed by atoms with E-state index in [0.29, 0.717) is 5.75 Å². The SMILES string of the molecule is O=C(Cl)Oc1ccccc1.O=C(O)n1ccnc1. The Labute approximate surface area is 107 Å². The first-order valence-electron chi connectivity index (χ1n) is 4.73. The van der Waals surface area contributed by atoms with Crippen LogP contribution in [0, 0.1) is 0 Å². The van der Waals surface area contributed by atoms with Crippen molar-refractivity contribution in [2.24, 2.45) is 0 Å². The normalized spacial score (nSPS) is 8.94. The maximum absolute atomic E-state index is 10.2. The Hall–Kier alpha value is -2.34. The van der Waals surface area contributed by atoms with Gasteiger partial charge in [0, 0.05) is 24.0 Å². The number of carbonyl (C=O) groups is 2. The number of ether oxygens (including phenoxy) is 1. The summed E-state index contributed by atoms with van der Waals surface area (Å²) in [5, 5.41) is 8.20. The van der Waals surface area contributed by atoms with Gasteiger partial charge < -0.3 is 9.84 Å². The number of carbonyl (C=O) groups excluding carboxylic acids is 1. The van der Waals surface area contributed by atoms with E-state index in [0.717, 1.165) is 4.57 Å². The molecule has 6 nitrogen and oxygen atoms in total. The van der Waals surface area contributed by atoms with Crippen molar-refractivity contribution in [2.45, 2.75) is 0 Å². The molecular formula is C11H9ClN2O4. The third-order valence-corrected chi connectivity index (χ3v) is 1.74. The Kier molecular flexibility index (Phi) is 5.40. The lowest BCUT2D eigenvalue weighted by atomic mass is 10.3. The van der Waals surface area contributed by atoms with E-state index < -0.39 is 11.5 Å². The summed E-state index contributed by atoms with van der Waals surface area (Å²) >= 11 is 4.95. The Morgan fingerprint density at radius 2 is 1.94 bits per heavy atom. The summed E-state index contributed by atoms with van der Waals surface area (Å²) in [7, 11) is 0. The van der Waals surface area contributed by atoms with Crippen molar-refractivity contribution in [1.29, 1.82) is 0 Å². The van der Waals surface area contributed by atoms with Gasteiger partial charge in [0.05, 0.1) is 0 Å². The molecule has 1 heterocycles. The van der Waals surface area contributed by atoms with Crippen LogP contribution in [0.3, 0.4) is 0 Å². The molecule has 0 unspecified atom stereocenters. The molecule has 0 bridgehead atoms. The number of hydrogen-bond acceptors (Lipinski definition) is 4. The monoisotopic (exact) mass is 268 g/mol. The first kappa shape index (κ1) is 13.7. The molecule has 1 N–H and O–H groups in total. The van der Waals surface area contributed by atoms with Crippen LogP contribution in [0.15, 0.2) is 49.1 Å². The molecule has 1 aromatic carbocycles.